The number of anilines is 2. The first kappa shape index (κ1) is 19.2. The van der Waals surface area contributed by atoms with E-state index in [-0.39, 0.29) is 11.5 Å². The van der Waals surface area contributed by atoms with Crippen molar-refractivity contribution < 1.29 is 19.7 Å². The first-order valence-electron chi connectivity index (χ1n) is 8.82. The molecule has 0 aliphatic heterocycles. The molecule has 0 spiro atoms. The van der Waals surface area contributed by atoms with E-state index in [0.717, 1.165) is 0 Å². The molecule has 0 saturated carbocycles. The average Bonchev–Trinajstić information content (AvgIpc) is 2.68. The fraction of sp³-hybridized carbons (Fsp3) is 0.182. The summed E-state index contributed by atoms with van der Waals surface area (Å²) >= 11 is 0. The van der Waals surface area contributed by atoms with E-state index < -0.39 is 0 Å². The van der Waals surface area contributed by atoms with E-state index in [9.17, 15) is 10.2 Å². The molecule has 6 nitrogen and oxygen atoms in total. The summed E-state index contributed by atoms with van der Waals surface area (Å²) in [4.78, 5) is 0. The molecule has 0 atom stereocenters. The van der Waals surface area contributed by atoms with Crippen LogP contribution in [0, 0.1) is 27.7 Å². The number of rotatable bonds is 4. The Labute approximate surface area is 164 Å². The van der Waals surface area contributed by atoms with Crippen LogP contribution in [-0.2, 0) is 0 Å². The number of hydrogen-bond donors (Lipinski definition) is 4. The predicted molar refractivity (Wildman–Crippen MR) is 111 cm³/mol. The highest BCUT2D eigenvalue weighted by molar-refractivity contribution is 5.67. The summed E-state index contributed by atoms with van der Waals surface area (Å²) in [6, 6.07) is 10.6. The summed E-state index contributed by atoms with van der Waals surface area (Å²) in [5, 5.41) is 19.8. The van der Waals surface area contributed by atoms with Crippen molar-refractivity contribution in [2.45, 2.75) is 27.7 Å². The van der Waals surface area contributed by atoms with Gasteiger partial charge in [-0.05, 0) is 75.2 Å². The van der Waals surface area contributed by atoms with Gasteiger partial charge in [-0.15, -0.1) is 0 Å². The molecule has 0 saturated heterocycles. The molecule has 0 radical (unpaired) electrons. The van der Waals surface area contributed by atoms with E-state index in [2.05, 4.69) is 0 Å². The summed E-state index contributed by atoms with van der Waals surface area (Å²) < 4.78 is 11.8. The van der Waals surface area contributed by atoms with Crippen molar-refractivity contribution >= 4 is 11.4 Å². The molecule has 0 bridgehead atoms. The van der Waals surface area contributed by atoms with Crippen molar-refractivity contribution in [2.24, 2.45) is 0 Å². The van der Waals surface area contributed by atoms with E-state index in [1.807, 2.05) is 0 Å². The lowest BCUT2D eigenvalue weighted by Gasteiger charge is -2.15. The second-order valence-electron chi connectivity index (χ2n) is 6.83. The normalized spacial score (nSPS) is 10.7. The van der Waals surface area contributed by atoms with Gasteiger partial charge in [-0.2, -0.15) is 0 Å². The van der Waals surface area contributed by atoms with Crippen LogP contribution in [0.1, 0.15) is 22.3 Å². The number of benzene rings is 3. The minimum absolute atomic E-state index is 0.0763. The molecule has 3 aromatic carbocycles. The molecular weight excluding hydrogens is 356 g/mol. The van der Waals surface area contributed by atoms with Gasteiger partial charge in [0.25, 0.3) is 0 Å². The summed E-state index contributed by atoms with van der Waals surface area (Å²) in [7, 11) is 0. The van der Waals surface area contributed by atoms with Crippen molar-refractivity contribution in [1.29, 1.82) is 0 Å². The highest BCUT2D eigenvalue weighted by atomic mass is 16.5. The molecule has 0 aromatic heterocycles. The first-order valence-corrected chi connectivity index (χ1v) is 8.82. The Morgan fingerprint density at radius 3 is 1.29 bits per heavy atom. The van der Waals surface area contributed by atoms with Gasteiger partial charge in [-0.3, -0.25) is 0 Å². The summed E-state index contributed by atoms with van der Waals surface area (Å²) in [5.74, 6) is 2.54. The molecule has 146 valence electrons. The van der Waals surface area contributed by atoms with Crippen molar-refractivity contribution in [1.82, 2.24) is 0 Å². The Hall–Kier alpha value is -3.54. The Kier molecular flexibility index (Phi) is 4.96. The maximum Gasteiger partial charge on any atom is 0.141 e. The Balaban J connectivity index is 1.82. The minimum Gasteiger partial charge on any atom is -0.505 e. The molecule has 0 aliphatic carbocycles. The quantitative estimate of drug-likeness (QED) is 0.371. The molecule has 0 fully saturated rings. The maximum atomic E-state index is 9.91. The topological polar surface area (TPSA) is 111 Å². The van der Waals surface area contributed by atoms with E-state index in [0.29, 0.717) is 56.6 Å². The average molecular weight is 380 g/mol. The van der Waals surface area contributed by atoms with Gasteiger partial charge in [0.1, 0.15) is 34.5 Å². The lowest BCUT2D eigenvalue weighted by Crippen LogP contribution is -1.97. The number of phenols is 2. The second kappa shape index (κ2) is 7.23. The number of hydrogen-bond acceptors (Lipinski definition) is 6. The Morgan fingerprint density at radius 2 is 0.964 bits per heavy atom. The molecule has 6 N–H and O–H groups in total. The van der Waals surface area contributed by atoms with Crippen LogP contribution >= 0.6 is 0 Å². The third-order valence-corrected chi connectivity index (χ3v) is 4.78. The second-order valence-corrected chi connectivity index (χ2v) is 6.83. The zero-order valence-corrected chi connectivity index (χ0v) is 16.3. The molecule has 0 unspecified atom stereocenters. The summed E-state index contributed by atoms with van der Waals surface area (Å²) in [6.45, 7) is 7.12. The van der Waals surface area contributed by atoms with Crippen LogP contribution in [-0.4, -0.2) is 10.2 Å². The highest BCUT2D eigenvalue weighted by Gasteiger charge is 2.13. The van der Waals surface area contributed by atoms with Gasteiger partial charge < -0.3 is 31.2 Å². The lowest BCUT2D eigenvalue weighted by molar-refractivity contribution is 0.454. The number of phenolic OH excluding ortho intramolecular Hbond substituents is 2. The number of aryl methyl sites for hydroxylation is 2. The molecule has 0 heterocycles. The SMILES string of the molecule is Cc1cc(Oc2ccc(Oc3cc(C)c(O)c(N)c3C)cc2)c(C)c(N)c1O. The number of aromatic hydroxyl groups is 2. The zero-order valence-electron chi connectivity index (χ0n) is 16.3. The van der Waals surface area contributed by atoms with Crippen LogP contribution in [0.2, 0.25) is 0 Å². The number of nitrogens with two attached hydrogens (primary N) is 2. The van der Waals surface area contributed by atoms with Gasteiger partial charge in [0.2, 0.25) is 0 Å². The molecule has 28 heavy (non-hydrogen) atoms. The first-order chi connectivity index (χ1) is 13.2. The fourth-order valence-electron chi connectivity index (χ4n) is 2.83. The predicted octanol–water partition coefficient (Wildman–Crippen LogP) is 5.08. The van der Waals surface area contributed by atoms with Gasteiger partial charge in [0, 0.05) is 11.1 Å². The maximum absolute atomic E-state index is 9.91. The monoisotopic (exact) mass is 380 g/mol. The highest BCUT2D eigenvalue weighted by Crippen LogP contribution is 2.39. The summed E-state index contributed by atoms with van der Waals surface area (Å²) in [5.41, 5.74) is 15.1. The van der Waals surface area contributed by atoms with Crippen LogP contribution in [0.3, 0.4) is 0 Å². The smallest absolute Gasteiger partial charge is 0.141 e. The molecule has 0 aliphatic rings. The zero-order chi connectivity index (χ0) is 20.6. The van der Waals surface area contributed by atoms with Crippen molar-refractivity contribution in [2.75, 3.05) is 11.5 Å². The summed E-state index contributed by atoms with van der Waals surface area (Å²) in [6.07, 6.45) is 0. The van der Waals surface area contributed by atoms with Gasteiger partial charge >= 0.3 is 0 Å². The van der Waals surface area contributed by atoms with Crippen LogP contribution in [0.4, 0.5) is 11.4 Å². The number of nitrogen functional groups attached to an aromatic ring is 2. The third kappa shape index (κ3) is 3.49. The van der Waals surface area contributed by atoms with E-state index in [4.69, 9.17) is 20.9 Å². The lowest BCUT2D eigenvalue weighted by atomic mass is 10.1. The van der Waals surface area contributed by atoms with Gasteiger partial charge in [-0.25, -0.2) is 0 Å². The third-order valence-electron chi connectivity index (χ3n) is 4.78. The van der Waals surface area contributed by atoms with E-state index in [1.54, 1.807) is 64.1 Å². The van der Waals surface area contributed by atoms with Crippen LogP contribution in [0.25, 0.3) is 0 Å². The standard InChI is InChI=1S/C22H24N2O4/c1-11-9-17(13(3)19(23)21(11)25)27-15-5-7-16(8-6-15)28-18-10-12(2)22(26)20(24)14(18)4/h5-10,25-26H,23-24H2,1-4H3. The Morgan fingerprint density at radius 1 is 0.643 bits per heavy atom. The molecule has 3 rings (SSSR count). The van der Waals surface area contributed by atoms with E-state index >= 15 is 0 Å². The van der Waals surface area contributed by atoms with Gasteiger partial charge in [0.15, 0.2) is 0 Å². The molecular formula is C22H24N2O4. The Bertz CT molecular complexity index is 959. The molecule has 3 aromatic rings. The van der Waals surface area contributed by atoms with Crippen molar-refractivity contribution in [3.05, 3.63) is 58.7 Å². The fourth-order valence-corrected chi connectivity index (χ4v) is 2.83. The van der Waals surface area contributed by atoms with Crippen LogP contribution < -0.4 is 20.9 Å². The minimum atomic E-state index is 0.0763. The number of ether oxygens (including phenoxy) is 2. The van der Waals surface area contributed by atoms with Gasteiger partial charge in [0.05, 0.1) is 11.4 Å². The van der Waals surface area contributed by atoms with Crippen LogP contribution in [0.15, 0.2) is 36.4 Å². The largest absolute Gasteiger partial charge is 0.505 e. The van der Waals surface area contributed by atoms with Crippen molar-refractivity contribution in [3.63, 3.8) is 0 Å². The van der Waals surface area contributed by atoms with E-state index in [1.165, 1.54) is 0 Å². The molecule has 0 amide bonds. The van der Waals surface area contributed by atoms with Crippen LogP contribution in [0.5, 0.6) is 34.5 Å². The molecule has 6 heteroatoms. The van der Waals surface area contributed by atoms with Gasteiger partial charge in [-0.1, -0.05) is 0 Å². The van der Waals surface area contributed by atoms with Crippen molar-refractivity contribution in [3.8, 4) is 34.5 Å².